The quantitative estimate of drug-likeness (QED) is 0.782. The first-order valence-corrected chi connectivity index (χ1v) is 5.42. The maximum Gasteiger partial charge on any atom is 0.412 e. The molecule has 0 aromatic rings. The summed E-state index contributed by atoms with van der Waals surface area (Å²) in [4.78, 5) is 23.3. The fourth-order valence-electron chi connectivity index (χ4n) is 1.61. The first-order chi connectivity index (χ1) is 7.65. The molecule has 0 aromatic carbocycles. The van der Waals surface area contributed by atoms with Crippen molar-refractivity contribution >= 4 is 12.1 Å². The number of carbonyl (C=O) groups excluding carboxylic acids is 1. The number of rotatable bonds is 4. The molecule has 1 atom stereocenters. The maximum atomic E-state index is 11.5. The zero-order valence-corrected chi connectivity index (χ0v) is 9.35. The van der Waals surface area contributed by atoms with E-state index in [1.54, 1.807) is 6.92 Å². The molecular weight excluding hydrogens is 214 g/mol. The lowest BCUT2D eigenvalue weighted by molar-refractivity contribution is -0.143. The number of ether oxygens (including phenoxy) is 2. The highest BCUT2D eigenvalue weighted by Gasteiger charge is 2.28. The third-order valence-corrected chi connectivity index (χ3v) is 2.31. The van der Waals surface area contributed by atoms with E-state index in [1.807, 2.05) is 0 Å². The van der Waals surface area contributed by atoms with E-state index in [-0.39, 0.29) is 13.2 Å². The molecule has 1 unspecified atom stereocenters. The van der Waals surface area contributed by atoms with Gasteiger partial charge in [0.25, 0.3) is 0 Å². The zero-order chi connectivity index (χ0) is 12.0. The van der Waals surface area contributed by atoms with E-state index >= 15 is 0 Å². The van der Waals surface area contributed by atoms with Crippen molar-refractivity contribution in [3.8, 4) is 0 Å². The molecule has 1 amide bonds. The molecular formula is C10H17NO5. The number of carbonyl (C=O) groups is 2. The van der Waals surface area contributed by atoms with Crippen molar-refractivity contribution in [1.82, 2.24) is 4.90 Å². The lowest BCUT2D eigenvalue weighted by atomic mass is 10.2. The number of hydrogen-bond acceptors (Lipinski definition) is 4. The van der Waals surface area contributed by atoms with Gasteiger partial charge in [0.15, 0.2) is 0 Å². The smallest absolute Gasteiger partial charge is 0.412 e. The number of amides is 1. The lowest BCUT2D eigenvalue weighted by Crippen LogP contribution is -2.46. The van der Waals surface area contributed by atoms with Gasteiger partial charge in [0.2, 0.25) is 0 Å². The summed E-state index contributed by atoms with van der Waals surface area (Å²) in [6, 6.07) is 0. The second kappa shape index (κ2) is 6.32. The Kier molecular flexibility index (Phi) is 5.04. The summed E-state index contributed by atoms with van der Waals surface area (Å²) in [6.45, 7) is 2.07. The van der Waals surface area contributed by atoms with E-state index in [0.717, 1.165) is 17.7 Å². The molecule has 1 rings (SSSR count). The van der Waals surface area contributed by atoms with Crippen LogP contribution < -0.4 is 0 Å². The third-order valence-electron chi connectivity index (χ3n) is 2.31. The lowest BCUT2D eigenvalue weighted by Gasteiger charge is -2.32. The van der Waals surface area contributed by atoms with Crippen LogP contribution in [0.15, 0.2) is 0 Å². The van der Waals surface area contributed by atoms with Gasteiger partial charge >= 0.3 is 12.1 Å². The van der Waals surface area contributed by atoms with Crippen LogP contribution in [0.25, 0.3) is 0 Å². The SMILES string of the molecule is CCOC(=O)N(CC(=O)O)C1CCCCO1. The Morgan fingerprint density at radius 2 is 2.25 bits per heavy atom. The first kappa shape index (κ1) is 12.8. The van der Waals surface area contributed by atoms with Crippen LogP contribution in [-0.4, -0.2) is 48.1 Å². The van der Waals surface area contributed by atoms with Gasteiger partial charge in [-0.15, -0.1) is 0 Å². The van der Waals surface area contributed by atoms with Gasteiger partial charge in [0.05, 0.1) is 6.61 Å². The van der Waals surface area contributed by atoms with Crippen LogP contribution >= 0.6 is 0 Å². The summed E-state index contributed by atoms with van der Waals surface area (Å²) in [6.07, 6.45) is 1.44. The van der Waals surface area contributed by atoms with Crippen molar-refractivity contribution in [2.75, 3.05) is 19.8 Å². The molecule has 6 nitrogen and oxygen atoms in total. The van der Waals surface area contributed by atoms with E-state index in [1.165, 1.54) is 0 Å². The topological polar surface area (TPSA) is 76.1 Å². The highest BCUT2D eigenvalue weighted by atomic mass is 16.6. The zero-order valence-electron chi connectivity index (χ0n) is 9.35. The predicted octanol–water partition coefficient (Wildman–Crippen LogP) is 1.06. The largest absolute Gasteiger partial charge is 0.480 e. The van der Waals surface area contributed by atoms with E-state index in [4.69, 9.17) is 14.6 Å². The van der Waals surface area contributed by atoms with E-state index in [9.17, 15) is 9.59 Å². The average Bonchev–Trinajstić information content (AvgIpc) is 2.27. The summed E-state index contributed by atoms with van der Waals surface area (Å²) in [5, 5.41) is 8.73. The normalized spacial score (nSPS) is 20.2. The Hall–Kier alpha value is -1.30. The monoisotopic (exact) mass is 231 g/mol. The molecule has 1 fully saturated rings. The van der Waals surface area contributed by atoms with Crippen molar-refractivity contribution in [2.45, 2.75) is 32.4 Å². The second-order valence-electron chi connectivity index (χ2n) is 3.54. The van der Waals surface area contributed by atoms with Gasteiger partial charge in [-0.2, -0.15) is 0 Å². The van der Waals surface area contributed by atoms with Crippen molar-refractivity contribution in [2.24, 2.45) is 0 Å². The van der Waals surface area contributed by atoms with Crippen LogP contribution in [-0.2, 0) is 14.3 Å². The van der Waals surface area contributed by atoms with Crippen LogP contribution in [0, 0.1) is 0 Å². The highest BCUT2D eigenvalue weighted by Crippen LogP contribution is 2.17. The fraction of sp³-hybridized carbons (Fsp3) is 0.800. The number of aliphatic carboxylic acids is 1. The highest BCUT2D eigenvalue weighted by molar-refractivity contribution is 5.76. The molecule has 0 aliphatic carbocycles. The maximum absolute atomic E-state index is 11.5. The molecule has 16 heavy (non-hydrogen) atoms. The molecule has 92 valence electrons. The minimum atomic E-state index is -1.07. The summed E-state index contributed by atoms with van der Waals surface area (Å²) in [7, 11) is 0. The molecule has 1 saturated heterocycles. The van der Waals surface area contributed by atoms with Gasteiger partial charge < -0.3 is 14.6 Å². The van der Waals surface area contributed by atoms with Crippen LogP contribution in [0.3, 0.4) is 0 Å². The van der Waals surface area contributed by atoms with Gasteiger partial charge in [0, 0.05) is 6.61 Å². The molecule has 1 aliphatic heterocycles. The average molecular weight is 231 g/mol. The minimum Gasteiger partial charge on any atom is -0.480 e. The fourth-order valence-corrected chi connectivity index (χ4v) is 1.61. The van der Waals surface area contributed by atoms with Crippen molar-refractivity contribution in [3.63, 3.8) is 0 Å². The molecule has 1 heterocycles. The Morgan fingerprint density at radius 1 is 1.50 bits per heavy atom. The Bertz CT molecular complexity index is 250. The molecule has 0 radical (unpaired) electrons. The Labute approximate surface area is 94.1 Å². The summed E-state index contributed by atoms with van der Waals surface area (Å²) >= 11 is 0. The number of nitrogens with zero attached hydrogens (tertiary/aromatic N) is 1. The molecule has 0 spiro atoms. The molecule has 1 N–H and O–H groups in total. The molecule has 1 aliphatic rings. The van der Waals surface area contributed by atoms with Crippen molar-refractivity contribution < 1.29 is 24.2 Å². The van der Waals surface area contributed by atoms with Crippen LogP contribution in [0.1, 0.15) is 26.2 Å². The minimum absolute atomic E-state index is 0.224. The molecule has 6 heteroatoms. The van der Waals surface area contributed by atoms with Gasteiger partial charge in [-0.3, -0.25) is 9.69 Å². The van der Waals surface area contributed by atoms with Crippen molar-refractivity contribution in [1.29, 1.82) is 0 Å². The van der Waals surface area contributed by atoms with Gasteiger partial charge in [-0.1, -0.05) is 0 Å². The summed E-state index contributed by atoms with van der Waals surface area (Å²) < 4.78 is 10.2. The van der Waals surface area contributed by atoms with Gasteiger partial charge in [0.1, 0.15) is 12.8 Å². The first-order valence-electron chi connectivity index (χ1n) is 5.42. The van der Waals surface area contributed by atoms with Crippen LogP contribution in [0.2, 0.25) is 0 Å². The summed E-state index contributed by atoms with van der Waals surface area (Å²) in [5.41, 5.74) is 0. The van der Waals surface area contributed by atoms with Gasteiger partial charge in [-0.25, -0.2) is 4.79 Å². The molecule has 0 saturated carbocycles. The molecule has 0 bridgehead atoms. The molecule has 0 aromatic heterocycles. The van der Waals surface area contributed by atoms with E-state index in [0.29, 0.717) is 13.0 Å². The van der Waals surface area contributed by atoms with E-state index in [2.05, 4.69) is 0 Å². The third kappa shape index (κ3) is 3.69. The Morgan fingerprint density at radius 3 is 2.75 bits per heavy atom. The number of hydrogen-bond donors (Lipinski definition) is 1. The van der Waals surface area contributed by atoms with Crippen molar-refractivity contribution in [3.05, 3.63) is 0 Å². The van der Waals surface area contributed by atoms with Crippen LogP contribution in [0.4, 0.5) is 4.79 Å². The van der Waals surface area contributed by atoms with E-state index < -0.39 is 18.3 Å². The standard InChI is InChI=1S/C10H17NO5/c1-2-15-10(14)11(7-9(12)13)8-5-3-4-6-16-8/h8H,2-7H2,1H3,(H,12,13). The number of carboxylic acid groups (broad SMARTS) is 1. The van der Waals surface area contributed by atoms with Gasteiger partial charge in [-0.05, 0) is 26.2 Å². The Balaban J connectivity index is 2.60. The van der Waals surface area contributed by atoms with Crippen LogP contribution in [0.5, 0.6) is 0 Å². The number of carboxylic acids is 1. The predicted molar refractivity (Wildman–Crippen MR) is 55.0 cm³/mol. The second-order valence-corrected chi connectivity index (χ2v) is 3.54. The summed E-state index contributed by atoms with van der Waals surface area (Å²) in [5.74, 6) is -1.07.